The Morgan fingerprint density at radius 2 is 1.47 bits per heavy atom. The average molecular weight is 399 g/mol. The SMILES string of the molecule is C=C1CN[C@@H](c2ccc([N+](=O)[O-])cc2)[C@@H]1C(=O)N(c1ccccc1)c1ccccc1. The summed E-state index contributed by atoms with van der Waals surface area (Å²) in [4.78, 5) is 26.1. The third-order valence-electron chi connectivity index (χ3n) is 5.30. The Morgan fingerprint density at radius 1 is 0.933 bits per heavy atom. The summed E-state index contributed by atoms with van der Waals surface area (Å²) in [7, 11) is 0. The first-order chi connectivity index (χ1) is 14.6. The number of para-hydroxylation sites is 2. The molecule has 1 N–H and O–H groups in total. The maximum Gasteiger partial charge on any atom is 0.269 e. The van der Waals surface area contributed by atoms with Crippen LogP contribution in [0, 0.1) is 16.0 Å². The summed E-state index contributed by atoms with van der Waals surface area (Å²) in [5.74, 6) is -0.586. The average Bonchev–Trinajstić information content (AvgIpc) is 3.17. The summed E-state index contributed by atoms with van der Waals surface area (Å²) in [5, 5.41) is 14.3. The lowest BCUT2D eigenvalue weighted by Crippen LogP contribution is -2.35. The number of nitrogens with one attached hydrogen (secondary N) is 1. The van der Waals surface area contributed by atoms with E-state index >= 15 is 0 Å². The number of hydrogen-bond donors (Lipinski definition) is 1. The Balaban J connectivity index is 1.72. The lowest BCUT2D eigenvalue weighted by Gasteiger charge is -2.29. The Morgan fingerprint density at radius 3 is 1.97 bits per heavy atom. The number of rotatable bonds is 5. The number of carbonyl (C=O) groups excluding carboxylic acids is 1. The van der Waals surface area contributed by atoms with Crippen LogP contribution in [0.15, 0.2) is 97.1 Å². The van der Waals surface area contributed by atoms with Crippen LogP contribution >= 0.6 is 0 Å². The lowest BCUT2D eigenvalue weighted by atomic mass is 9.90. The zero-order chi connectivity index (χ0) is 21.1. The number of nitrogens with zero attached hydrogens (tertiary/aromatic N) is 2. The van der Waals surface area contributed by atoms with Crippen LogP contribution in [-0.2, 0) is 4.79 Å². The quantitative estimate of drug-likeness (QED) is 0.381. The van der Waals surface area contributed by atoms with Gasteiger partial charge in [-0.15, -0.1) is 0 Å². The van der Waals surface area contributed by atoms with Gasteiger partial charge >= 0.3 is 0 Å². The number of hydrogen-bond acceptors (Lipinski definition) is 4. The maximum atomic E-state index is 13.8. The van der Waals surface area contributed by atoms with Crippen molar-refractivity contribution in [1.29, 1.82) is 0 Å². The molecule has 0 radical (unpaired) electrons. The lowest BCUT2D eigenvalue weighted by molar-refractivity contribution is -0.384. The number of non-ortho nitro benzene ring substituents is 1. The molecular weight excluding hydrogens is 378 g/mol. The topological polar surface area (TPSA) is 75.5 Å². The van der Waals surface area contributed by atoms with E-state index in [0.717, 1.165) is 22.5 Å². The summed E-state index contributed by atoms with van der Waals surface area (Å²) < 4.78 is 0. The van der Waals surface area contributed by atoms with Crippen molar-refractivity contribution in [2.24, 2.45) is 5.92 Å². The van der Waals surface area contributed by atoms with E-state index in [9.17, 15) is 14.9 Å². The minimum absolute atomic E-state index is 0.0219. The third-order valence-corrected chi connectivity index (χ3v) is 5.30. The van der Waals surface area contributed by atoms with Crippen LogP contribution in [-0.4, -0.2) is 17.4 Å². The van der Waals surface area contributed by atoms with Gasteiger partial charge in [-0.3, -0.25) is 19.8 Å². The number of carbonyl (C=O) groups is 1. The number of anilines is 2. The zero-order valence-corrected chi connectivity index (χ0v) is 16.3. The Labute approximate surface area is 174 Å². The molecule has 0 saturated carbocycles. The van der Waals surface area contributed by atoms with Gasteiger partial charge in [0.25, 0.3) is 5.69 Å². The van der Waals surface area contributed by atoms with Crippen molar-refractivity contribution >= 4 is 23.0 Å². The molecule has 6 nitrogen and oxygen atoms in total. The van der Waals surface area contributed by atoms with Crippen molar-refractivity contribution in [2.75, 3.05) is 11.4 Å². The van der Waals surface area contributed by atoms with Crippen molar-refractivity contribution < 1.29 is 9.72 Å². The maximum absolute atomic E-state index is 13.8. The molecule has 0 aromatic heterocycles. The van der Waals surface area contributed by atoms with E-state index in [1.807, 2.05) is 60.7 Å². The predicted octanol–water partition coefficient (Wildman–Crippen LogP) is 4.78. The normalized spacial score (nSPS) is 18.2. The van der Waals surface area contributed by atoms with E-state index in [0.29, 0.717) is 6.54 Å². The molecule has 6 heteroatoms. The third kappa shape index (κ3) is 3.73. The fraction of sp³-hybridized carbons (Fsp3) is 0.125. The summed E-state index contributed by atoms with van der Waals surface area (Å²) in [6.45, 7) is 4.64. The van der Waals surface area contributed by atoms with Crippen LogP contribution in [0.2, 0.25) is 0 Å². The van der Waals surface area contributed by atoms with Gasteiger partial charge in [0.05, 0.1) is 10.8 Å². The van der Waals surface area contributed by atoms with Gasteiger partial charge in [0.15, 0.2) is 0 Å². The predicted molar refractivity (Wildman–Crippen MR) is 117 cm³/mol. The summed E-state index contributed by atoms with van der Waals surface area (Å²) in [6, 6.07) is 25.0. The molecule has 0 bridgehead atoms. The summed E-state index contributed by atoms with van der Waals surface area (Å²) in [6.07, 6.45) is 0. The fourth-order valence-electron chi connectivity index (χ4n) is 3.83. The smallest absolute Gasteiger partial charge is 0.269 e. The first-order valence-electron chi connectivity index (χ1n) is 9.66. The molecule has 150 valence electrons. The van der Waals surface area contributed by atoms with Crippen LogP contribution in [0.4, 0.5) is 17.1 Å². The molecule has 30 heavy (non-hydrogen) atoms. The molecule has 1 fully saturated rings. The first-order valence-corrected chi connectivity index (χ1v) is 9.66. The number of benzene rings is 3. The van der Waals surface area contributed by atoms with Gasteiger partial charge in [0.1, 0.15) is 0 Å². The van der Waals surface area contributed by atoms with Gasteiger partial charge in [-0.25, -0.2) is 0 Å². The number of amides is 1. The van der Waals surface area contributed by atoms with Gasteiger partial charge in [0, 0.05) is 36.1 Å². The molecule has 0 unspecified atom stereocenters. The molecule has 0 spiro atoms. The van der Waals surface area contributed by atoms with Gasteiger partial charge in [-0.2, -0.15) is 0 Å². The van der Waals surface area contributed by atoms with Crippen LogP contribution in [0.3, 0.4) is 0 Å². The van der Waals surface area contributed by atoms with E-state index in [1.165, 1.54) is 12.1 Å². The molecule has 1 aliphatic rings. The molecule has 2 atom stereocenters. The molecule has 1 amide bonds. The Bertz CT molecular complexity index is 1030. The van der Waals surface area contributed by atoms with Gasteiger partial charge < -0.3 is 5.32 Å². The van der Waals surface area contributed by atoms with Gasteiger partial charge in [-0.05, 0) is 35.4 Å². The molecule has 3 aromatic rings. The molecule has 1 saturated heterocycles. The second-order valence-corrected chi connectivity index (χ2v) is 7.19. The van der Waals surface area contributed by atoms with Crippen LogP contribution in [0.5, 0.6) is 0 Å². The van der Waals surface area contributed by atoms with Crippen molar-refractivity contribution in [2.45, 2.75) is 6.04 Å². The monoisotopic (exact) mass is 399 g/mol. The highest BCUT2D eigenvalue weighted by molar-refractivity contribution is 6.03. The van der Waals surface area contributed by atoms with E-state index in [-0.39, 0.29) is 17.6 Å². The van der Waals surface area contributed by atoms with Crippen LogP contribution < -0.4 is 10.2 Å². The highest BCUT2D eigenvalue weighted by Gasteiger charge is 2.40. The zero-order valence-electron chi connectivity index (χ0n) is 16.3. The standard InChI is InChI=1S/C24H21N3O3/c1-17-16-25-23(18-12-14-21(15-13-18)27(29)30)22(17)24(28)26(19-8-4-2-5-9-19)20-10-6-3-7-11-20/h2-15,22-23,25H,1,16H2/t22-,23+/m1/s1. The molecule has 0 aliphatic carbocycles. The molecule has 1 heterocycles. The highest BCUT2D eigenvalue weighted by Crippen LogP contribution is 2.38. The minimum atomic E-state index is -0.494. The molecule has 3 aromatic carbocycles. The molecule has 4 rings (SSSR count). The van der Waals surface area contributed by atoms with Crippen molar-refractivity contribution in [1.82, 2.24) is 5.32 Å². The van der Waals surface area contributed by atoms with Crippen LogP contribution in [0.1, 0.15) is 11.6 Å². The Kier molecular flexibility index (Phi) is 5.41. The van der Waals surface area contributed by atoms with Gasteiger partial charge in [-0.1, -0.05) is 55.1 Å². The molecular formula is C24H21N3O3. The largest absolute Gasteiger partial charge is 0.305 e. The minimum Gasteiger partial charge on any atom is -0.305 e. The number of nitro benzene ring substituents is 1. The number of nitro groups is 1. The second kappa shape index (κ2) is 8.31. The first kappa shape index (κ1) is 19.5. The van der Waals surface area contributed by atoms with Crippen LogP contribution in [0.25, 0.3) is 0 Å². The second-order valence-electron chi connectivity index (χ2n) is 7.19. The van der Waals surface area contributed by atoms with Gasteiger partial charge in [0.2, 0.25) is 5.91 Å². The van der Waals surface area contributed by atoms with E-state index in [4.69, 9.17) is 0 Å². The van der Waals surface area contributed by atoms with Crippen molar-refractivity contribution in [3.05, 3.63) is 113 Å². The van der Waals surface area contributed by atoms with Crippen molar-refractivity contribution in [3.8, 4) is 0 Å². The van der Waals surface area contributed by atoms with E-state index in [1.54, 1.807) is 17.0 Å². The summed E-state index contributed by atoms with van der Waals surface area (Å²) in [5.41, 5.74) is 3.18. The van der Waals surface area contributed by atoms with Crippen molar-refractivity contribution in [3.63, 3.8) is 0 Å². The Hall–Kier alpha value is -3.77. The van der Waals surface area contributed by atoms with E-state index in [2.05, 4.69) is 11.9 Å². The fourth-order valence-corrected chi connectivity index (χ4v) is 3.83. The van der Waals surface area contributed by atoms with E-state index < -0.39 is 10.8 Å². The highest BCUT2D eigenvalue weighted by atomic mass is 16.6. The molecule has 1 aliphatic heterocycles. The summed E-state index contributed by atoms with van der Waals surface area (Å²) >= 11 is 0.